The number of carbonyl (C=O) groups is 1. The molecule has 2 heterocycles. The number of benzene rings is 2. The maximum Gasteiger partial charge on any atom is 0.270 e. The van der Waals surface area contributed by atoms with Crippen LogP contribution in [0.4, 0.5) is 0 Å². The quantitative estimate of drug-likeness (QED) is 0.671. The van der Waals surface area contributed by atoms with Gasteiger partial charge in [-0.05, 0) is 17.7 Å². The summed E-state index contributed by atoms with van der Waals surface area (Å²) in [5.41, 5.74) is 2.99. The molecule has 1 aliphatic rings. The lowest BCUT2D eigenvalue weighted by atomic mass is 10.1. The molecular weight excluding hydrogens is 284 g/mol. The maximum absolute atomic E-state index is 12.9. The molecule has 4 rings (SSSR count). The average molecular weight is 302 g/mol. The van der Waals surface area contributed by atoms with Gasteiger partial charge in [-0.1, -0.05) is 54.6 Å². The molecule has 2 aromatic carbocycles. The summed E-state index contributed by atoms with van der Waals surface area (Å²) < 4.78 is 2.12. The molecule has 0 N–H and O–H groups in total. The summed E-state index contributed by atoms with van der Waals surface area (Å²) in [6.07, 6.45) is 1.93. The molecular formula is C20H18N2O. The summed E-state index contributed by atoms with van der Waals surface area (Å²) in [5.74, 6) is 0.0863. The SMILES string of the molecule is C=C[C@H]1CN(Cc2ccccc2)C(=O)c2cc3ccccc3n21. The van der Waals surface area contributed by atoms with Crippen molar-refractivity contribution >= 4 is 16.8 Å². The minimum absolute atomic E-state index is 0.0863. The first kappa shape index (κ1) is 13.8. The summed E-state index contributed by atoms with van der Waals surface area (Å²) in [7, 11) is 0. The molecule has 0 bridgehead atoms. The summed E-state index contributed by atoms with van der Waals surface area (Å²) in [5, 5.41) is 1.10. The molecule has 0 unspecified atom stereocenters. The number of fused-ring (bicyclic) bond motifs is 3. The molecule has 0 saturated heterocycles. The van der Waals surface area contributed by atoms with E-state index in [9.17, 15) is 4.79 Å². The highest BCUT2D eigenvalue weighted by Gasteiger charge is 2.31. The van der Waals surface area contributed by atoms with Crippen LogP contribution in [-0.2, 0) is 6.54 Å². The Bertz CT molecular complexity index is 879. The Hall–Kier alpha value is -2.81. The lowest BCUT2D eigenvalue weighted by molar-refractivity contribution is 0.0676. The summed E-state index contributed by atoms with van der Waals surface area (Å²) >= 11 is 0. The summed E-state index contributed by atoms with van der Waals surface area (Å²) in [4.78, 5) is 14.8. The van der Waals surface area contributed by atoms with Crippen molar-refractivity contribution in [3.63, 3.8) is 0 Å². The van der Waals surface area contributed by atoms with Crippen molar-refractivity contribution in [2.75, 3.05) is 6.54 Å². The zero-order valence-corrected chi connectivity index (χ0v) is 12.9. The van der Waals surface area contributed by atoms with Crippen molar-refractivity contribution in [2.45, 2.75) is 12.6 Å². The molecule has 3 heteroatoms. The molecule has 0 radical (unpaired) electrons. The fourth-order valence-electron chi connectivity index (χ4n) is 3.37. The first-order valence-corrected chi connectivity index (χ1v) is 7.83. The Morgan fingerprint density at radius 2 is 1.83 bits per heavy atom. The van der Waals surface area contributed by atoms with Gasteiger partial charge in [-0.25, -0.2) is 0 Å². The Morgan fingerprint density at radius 1 is 1.09 bits per heavy atom. The molecule has 1 atom stereocenters. The van der Waals surface area contributed by atoms with Gasteiger partial charge in [0, 0.05) is 24.0 Å². The number of amides is 1. The Kier molecular flexibility index (Phi) is 3.27. The minimum atomic E-state index is 0.0863. The zero-order valence-electron chi connectivity index (χ0n) is 12.9. The van der Waals surface area contributed by atoms with Gasteiger partial charge in [0.05, 0.1) is 6.04 Å². The first-order valence-electron chi connectivity index (χ1n) is 7.83. The highest BCUT2D eigenvalue weighted by molar-refractivity contribution is 5.99. The molecule has 1 amide bonds. The van der Waals surface area contributed by atoms with Crippen LogP contribution in [0.3, 0.4) is 0 Å². The van der Waals surface area contributed by atoms with Gasteiger partial charge >= 0.3 is 0 Å². The van der Waals surface area contributed by atoms with Gasteiger partial charge in [-0.15, -0.1) is 6.58 Å². The predicted octanol–water partition coefficient (Wildman–Crippen LogP) is 4.02. The first-order chi connectivity index (χ1) is 11.3. The maximum atomic E-state index is 12.9. The van der Waals surface area contributed by atoms with Gasteiger partial charge in [-0.2, -0.15) is 0 Å². The van der Waals surface area contributed by atoms with Crippen LogP contribution in [0, 0.1) is 0 Å². The zero-order chi connectivity index (χ0) is 15.8. The van der Waals surface area contributed by atoms with E-state index in [1.807, 2.05) is 47.4 Å². The monoisotopic (exact) mass is 302 g/mol. The van der Waals surface area contributed by atoms with Crippen molar-refractivity contribution in [1.82, 2.24) is 9.47 Å². The third-order valence-electron chi connectivity index (χ3n) is 4.48. The molecule has 23 heavy (non-hydrogen) atoms. The van der Waals surface area contributed by atoms with Crippen LogP contribution < -0.4 is 0 Å². The topological polar surface area (TPSA) is 25.2 Å². The number of nitrogens with zero attached hydrogens (tertiary/aromatic N) is 2. The normalized spacial score (nSPS) is 17.3. The second kappa shape index (κ2) is 5.43. The van der Waals surface area contributed by atoms with Crippen molar-refractivity contribution < 1.29 is 4.79 Å². The molecule has 0 aliphatic carbocycles. The van der Waals surface area contributed by atoms with E-state index in [1.165, 1.54) is 0 Å². The molecule has 0 spiro atoms. The third-order valence-corrected chi connectivity index (χ3v) is 4.48. The third kappa shape index (κ3) is 2.25. The fourth-order valence-corrected chi connectivity index (χ4v) is 3.37. The lowest BCUT2D eigenvalue weighted by Gasteiger charge is -2.33. The van der Waals surface area contributed by atoms with Crippen LogP contribution in [0.25, 0.3) is 10.9 Å². The van der Waals surface area contributed by atoms with E-state index >= 15 is 0 Å². The molecule has 3 aromatic rings. The molecule has 114 valence electrons. The number of para-hydroxylation sites is 1. The van der Waals surface area contributed by atoms with Crippen molar-refractivity contribution in [1.29, 1.82) is 0 Å². The van der Waals surface area contributed by atoms with Gasteiger partial charge in [0.15, 0.2) is 0 Å². The fraction of sp³-hybridized carbons (Fsp3) is 0.150. The average Bonchev–Trinajstić information content (AvgIpc) is 2.98. The highest BCUT2D eigenvalue weighted by atomic mass is 16.2. The van der Waals surface area contributed by atoms with E-state index in [4.69, 9.17) is 0 Å². The number of hydrogen-bond donors (Lipinski definition) is 0. The van der Waals surface area contributed by atoms with Gasteiger partial charge in [0.2, 0.25) is 0 Å². The van der Waals surface area contributed by atoms with Crippen LogP contribution in [0.2, 0.25) is 0 Å². The van der Waals surface area contributed by atoms with Crippen LogP contribution in [0.15, 0.2) is 73.3 Å². The molecule has 3 nitrogen and oxygen atoms in total. The van der Waals surface area contributed by atoms with Crippen LogP contribution in [-0.4, -0.2) is 21.9 Å². The van der Waals surface area contributed by atoms with Crippen LogP contribution in [0.5, 0.6) is 0 Å². The Balaban J connectivity index is 1.77. The van der Waals surface area contributed by atoms with Crippen LogP contribution in [0.1, 0.15) is 22.1 Å². The van der Waals surface area contributed by atoms with E-state index in [-0.39, 0.29) is 11.9 Å². The lowest BCUT2D eigenvalue weighted by Crippen LogP contribution is -2.41. The molecule has 1 aliphatic heterocycles. The molecule has 0 saturated carbocycles. The Labute approximate surface area is 135 Å². The predicted molar refractivity (Wildman–Crippen MR) is 92.4 cm³/mol. The number of hydrogen-bond acceptors (Lipinski definition) is 1. The van der Waals surface area contributed by atoms with E-state index in [1.54, 1.807) is 0 Å². The smallest absolute Gasteiger partial charge is 0.270 e. The molecule has 0 fully saturated rings. The van der Waals surface area contributed by atoms with Gasteiger partial charge < -0.3 is 9.47 Å². The minimum Gasteiger partial charge on any atom is -0.331 e. The van der Waals surface area contributed by atoms with Gasteiger partial charge in [-0.3, -0.25) is 4.79 Å². The van der Waals surface area contributed by atoms with E-state index in [2.05, 4.69) is 35.4 Å². The molecule has 1 aromatic heterocycles. The van der Waals surface area contributed by atoms with Crippen LogP contribution >= 0.6 is 0 Å². The van der Waals surface area contributed by atoms with Gasteiger partial charge in [0.25, 0.3) is 5.91 Å². The second-order valence-electron chi connectivity index (χ2n) is 5.93. The largest absolute Gasteiger partial charge is 0.331 e. The summed E-state index contributed by atoms with van der Waals surface area (Å²) in [6.45, 7) is 5.26. The van der Waals surface area contributed by atoms with Crippen molar-refractivity contribution in [3.8, 4) is 0 Å². The number of rotatable bonds is 3. The van der Waals surface area contributed by atoms with E-state index < -0.39 is 0 Å². The number of carbonyl (C=O) groups excluding carboxylic acids is 1. The van der Waals surface area contributed by atoms with Gasteiger partial charge in [0.1, 0.15) is 5.69 Å². The standard InChI is InChI=1S/C20H18N2O/c1-2-17-14-21(13-15-8-4-3-5-9-15)20(23)19-12-16-10-6-7-11-18(16)22(17)19/h2-12,17H,1,13-14H2/t17-/m0/s1. The highest BCUT2D eigenvalue weighted by Crippen LogP contribution is 2.30. The van der Waals surface area contributed by atoms with E-state index in [0.717, 1.165) is 22.2 Å². The second-order valence-corrected chi connectivity index (χ2v) is 5.93. The Morgan fingerprint density at radius 3 is 2.61 bits per heavy atom. The van der Waals surface area contributed by atoms with E-state index in [0.29, 0.717) is 13.1 Å². The van der Waals surface area contributed by atoms with Crippen molar-refractivity contribution in [3.05, 3.63) is 84.6 Å². The van der Waals surface area contributed by atoms with Crippen molar-refractivity contribution in [2.24, 2.45) is 0 Å². The summed E-state index contributed by atoms with van der Waals surface area (Å²) in [6, 6.07) is 20.3. The number of aromatic nitrogens is 1.